The molecule has 1 aromatic rings. The second kappa shape index (κ2) is 5.88. The van der Waals surface area contributed by atoms with Crippen LogP contribution in [0.1, 0.15) is 11.1 Å². The lowest BCUT2D eigenvalue weighted by Crippen LogP contribution is -2.34. The Morgan fingerprint density at radius 3 is 2.15 bits per heavy atom. The van der Waals surface area contributed by atoms with Gasteiger partial charge in [0.25, 0.3) is 0 Å². The zero-order valence-electron chi connectivity index (χ0n) is 9.79. The topological polar surface area (TPSA) is 49.7 Å². The van der Waals surface area contributed by atoms with Gasteiger partial charge in [0.05, 0.1) is 12.2 Å². The molecule has 0 aromatic heterocycles. The Bertz CT molecular complexity index is 454. The monoisotopic (exact) mass is 304 g/mol. The van der Waals surface area contributed by atoms with Crippen molar-refractivity contribution in [3.8, 4) is 5.75 Å². The van der Waals surface area contributed by atoms with E-state index in [0.29, 0.717) is 6.07 Å². The van der Waals surface area contributed by atoms with Crippen LogP contribution in [0, 0.1) is 0 Å². The SMILES string of the molecule is OCc1ccc(OCC(O)C(F)(F)F)c(C(F)(F)F)c1. The van der Waals surface area contributed by atoms with Crippen LogP contribution in [-0.4, -0.2) is 29.1 Å². The molecule has 0 fully saturated rings. The molecule has 0 spiro atoms. The van der Waals surface area contributed by atoms with E-state index in [2.05, 4.69) is 4.74 Å². The fourth-order valence-electron chi connectivity index (χ4n) is 1.29. The smallest absolute Gasteiger partial charge is 0.419 e. The molecule has 1 aromatic carbocycles. The molecule has 1 unspecified atom stereocenters. The van der Waals surface area contributed by atoms with Crippen LogP contribution >= 0.6 is 0 Å². The molecule has 0 heterocycles. The van der Waals surface area contributed by atoms with Gasteiger partial charge in [-0.05, 0) is 17.7 Å². The first-order valence-corrected chi connectivity index (χ1v) is 5.24. The largest absolute Gasteiger partial charge is 0.490 e. The van der Waals surface area contributed by atoms with Crippen LogP contribution in [0.25, 0.3) is 0 Å². The predicted octanol–water partition coefficient (Wildman–Crippen LogP) is 2.50. The Morgan fingerprint density at radius 2 is 1.70 bits per heavy atom. The zero-order chi connectivity index (χ0) is 15.6. The van der Waals surface area contributed by atoms with Gasteiger partial charge in [0, 0.05) is 0 Å². The maximum absolute atomic E-state index is 12.7. The van der Waals surface area contributed by atoms with Gasteiger partial charge in [-0.2, -0.15) is 26.3 Å². The van der Waals surface area contributed by atoms with Crippen molar-refractivity contribution < 1.29 is 41.3 Å². The third-order valence-corrected chi connectivity index (χ3v) is 2.31. The van der Waals surface area contributed by atoms with Crippen molar-refractivity contribution in [2.45, 2.75) is 25.1 Å². The molecule has 0 radical (unpaired) electrons. The molecular weight excluding hydrogens is 294 g/mol. The second-order valence-corrected chi connectivity index (χ2v) is 3.85. The fraction of sp³-hybridized carbons (Fsp3) is 0.455. The van der Waals surface area contributed by atoms with Crippen LogP contribution in [0.3, 0.4) is 0 Å². The summed E-state index contributed by atoms with van der Waals surface area (Å²) in [5.41, 5.74) is -1.39. The third-order valence-electron chi connectivity index (χ3n) is 2.31. The zero-order valence-corrected chi connectivity index (χ0v) is 9.79. The van der Waals surface area contributed by atoms with Crippen molar-refractivity contribution in [3.63, 3.8) is 0 Å². The first kappa shape index (κ1) is 16.6. The molecule has 0 amide bonds. The molecule has 20 heavy (non-hydrogen) atoms. The number of aliphatic hydroxyl groups excluding tert-OH is 2. The van der Waals surface area contributed by atoms with Crippen molar-refractivity contribution >= 4 is 0 Å². The molecule has 9 heteroatoms. The van der Waals surface area contributed by atoms with E-state index in [1.54, 1.807) is 0 Å². The van der Waals surface area contributed by atoms with Crippen molar-refractivity contribution in [2.75, 3.05) is 6.61 Å². The van der Waals surface area contributed by atoms with Gasteiger partial charge in [-0.1, -0.05) is 6.07 Å². The fourth-order valence-corrected chi connectivity index (χ4v) is 1.29. The molecule has 0 bridgehead atoms. The average Bonchev–Trinajstić information content (AvgIpc) is 2.33. The van der Waals surface area contributed by atoms with E-state index in [1.165, 1.54) is 0 Å². The standard InChI is InChI=1S/C11H10F6O3/c12-10(13,14)7-3-6(4-18)1-2-8(7)20-5-9(19)11(15,16)17/h1-3,9,18-19H,4-5H2. The third kappa shape index (κ3) is 4.27. The van der Waals surface area contributed by atoms with Crippen LogP contribution in [-0.2, 0) is 12.8 Å². The van der Waals surface area contributed by atoms with Gasteiger partial charge >= 0.3 is 12.4 Å². The highest BCUT2D eigenvalue weighted by atomic mass is 19.4. The second-order valence-electron chi connectivity index (χ2n) is 3.85. The molecule has 3 nitrogen and oxygen atoms in total. The molecule has 0 aliphatic rings. The van der Waals surface area contributed by atoms with Crippen LogP contribution in [0.15, 0.2) is 18.2 Å². The molecule has 0 saturated heterocycles. The minimum atomic E-state index is -4.98. The van der Waals surface area contributed by atoms with Crippen molar-refractivity contribution in [1.82, 2.24) is 0 Å². The average molecular weight is 304 g/mol. The first-order valence-electron chi connectivity index (χ1n) is 5.24. The van der Waals surface area contributed by atoms with Gasteiger partial charge in [-0.3, -0.25) is 0 Å². The van der Waals surface area contributed by atoms with Gasteiger partial charge < -0.3 is 14.9 Å². The summed E-state index contributed by atoms with van der Waals surface area (Å²) in [6.07, 6.45) is -12.7. The Morgan fingerprint density at radius 1 is 1.10 bits per heavy atom. The number of rotatable bonds is 4. The molecule has 114 valence electrons. The Balaban J connectivity index is 2.95. The lowest BCUT2D eigenvalue weighted by Gasteiger charge is -2.18. The molecule has 0 aliphatic heterocycles. The van der Waals surface area contributed by atoms with E-state index in [1.807, 2.05) is 0 Å². The number of hydrogen-bond acceptors (Lipinski definition) is 3. The number of ether oxygens (including phenoxy) is 1. The van der Waals surface area contributed by atoms with Crippen molar-refractivity contribution in [2.24, 2.45) is 0 Å². The van der Waals surface area contributed by atoms with Gasteiger partial charge in [-0.15, -0.1) is 0 Å². The summed E-state index contributed by atoms with van der Waals surface area (Å²) in [4.78, 5) is 0. The summed E-state index contributed by atoms with van der Waals surface area (Å²) in [6, 6.07) is 2.43. The van der Waals surface area contributed by atoms with Gasteiger partial charge in [-0.25, -0.2) is 0 Å². The number of benzene rings is 1. The van der Waals surface area contributed by atoms with E-state index in [-0.39, 0.29) is 5.56 Å². The molecule has 0 aliphatic carbocycles. The van der Waals surface area contributed by atoms with Crippen molar-refractivity contribution in [3.05, 3.63) is 29.3 Å². The minimum absolute atomic E-state index is 0.0685. The number of aliphatic hydroxyl groups is 2. The van der Waals surface area contributed by atoms with Crippen LogP contribution in [0.4, 0.5) is 26.3 Å². The molecular formula is C11H10F6O3. The van der Waals surface area contributed by atoms with E-state index in [0.717, 1.165) is 12.1 Å². The van der Waals surface area contributed by atoms with E-state index >= 15 is 0 Å². The Hall–Kier alpha value is -1.48. The molecule has 0 saturated carbocycles. The summed E-state index contributed by atoms with van der Waals surface area (Å²) in [5, 5.41) is 17.4. The minimum Gasteiger partial charge on any atom is -0.490 e. The highest BCUT2D eigenvalue weighted by molar-refractivity contribution is 5.39. The lowest BCUT2D eigenvalue weighted by molar-refractivity contribution is -0.211. The highest BCUT2D eigenvalue weighted by Gasteiger charge is 2.40. The van der Waals surface area contributed by atoms with Crippen LogP contribution in [0.5, 0.6) is 5.75 Å². The highest BCUT2D eigenvalue weighted by Crippen LogP contribution is 2.37. The van der Waals surface area contributed by atoms with E-state index in [9.17, 15) is 26.3 Å². The summed E-state index contributed by atoms with van der Waals surface area (Å²) >= 11 is 0. The number of halogens is 6. The quantitative estimate of drug-likeness (QED) is 0.840. The molecule has 2 N–H and O–H groups in total. The molecule has 1 rings (SSSR count). The van der Waals surface area contributed by atoms with Gasteiger partial charge in [0.1, 0.15) is 12.4 Å². The Labute approximate surface area is 109 Å². The molecule has 1 atom stereocenters. The van der Waals surface area contributed by atoms with Crippen LogP contribution < -0.4 is 4.74 Å². The lowest BCUT2D eigenvalue weighted by atomic mass is 10.1. The normalized spacial score (nSPS) is 14.2. The van der Waals surface area contributed by atoms with E-state index in [4.69, 9.17) is 10.2 Å². The summed E-state index contributed by atoms with van der Waals surface area (Å²) < 4.78 is 78.5. The maximum atomic E-state index is 12.7. The summed E-state index contributed by atoms with van der Waals surface area (Å²) in [5.74, 6) is -0.849. The van der Waals surface area contributed by atoms with Crippen LogP contribution in [0.2, 0.25) is 0 Å². The Kier molecular flexibility index (Phi) is 4.87. The summed E-state index contributed by atoms with van der Waals surface area (Å²) in [6.45, 7) is -2.01. The predicted molar refractivity (Wildman–Crippen MR) is 54.9 cm³/mol. The summed E-state index contributed by atoms with van der Waals surface area (Å²) in [7, 11) is 0. The van der Waals surface area contributed by atoms with E-state index < -0.39 is 43.0 Å². The van der Waals surface area contributed by atoms with Gasteiger partial charge in [0.2, 0.25) is 0 Å². The van der Waals surface area contributed by atoms with Gasteiger partial charge in [0.15, 0.2) is 6.10 Å². The van der Waals surface area contributed by atoms with Crippen molar-refractivity contribution in [1.29, 1.82) is 0 Å². The first-order chi connectivity index (χ1) is 9.05. The number of hydrogen-bond donors (Lipinski definition) is 2. The number of alkyl halides is 6. The maximum Gasteiger partial charge on any atom is 0.419 e.